The number of anilines is 1. The molecule has 17 heavy (non-hydrogen) atoms. The maximum absolute atomic E-state index is 10.7. The zero-order valence-electron chi connectivity index (χ0n) is 10.9. The number of nitrogens with one attached hydrogen (secondary N) is 1. The summed E-state index contributed by atoms with van der Waals surface area (Å²) in [6, 6.07) is 5.09. The number of benzene rings is 1. The van der Waals surface area contributed by atoms with E-state index >= 15 is 0 Å². The number of nitro groups is 1. The van der Waals surface area contributed by atoms with Gasteiger partial charge in [0.15, 0.2) is 0 Å². The lowest BCUT2D eigenvalue weighted by molar-refractivity contribution is -0.384. The van der Waals surface area contributed by atoms with Crippen LogP contribution in [-0.4, -0.2) is 11.5 Å². The predicted octanol–water partition coefficient (Wildman–Crippen LogP) is 3.75. The molecule has 4 nitrogen and oxygen atoms in total. The average molecular weight is 236 g/mol. The number of hydrogen-bond donors (Lipinski definition) is 1. The minimum absolute atomic E-state index is 0.141. The molecule has 4 heteroatoms. The number of aryl methyl sites for hydroxylation is 1. The summed E-state index contributed by atoms with van der Waals surface area (Å²) in [7, 11) is 0. The summed E-state index contributed by atoms with van der Waals surface area (Å²) in [4.78, 5) is 10.4. The summed E-state index contributed by atoms with van der Waals surface area (Å²) < 4.78 is 0. The molecule has 94 valence electrons. The quantitative estimate of drug-likeness (QED) is 0.625. The third kappa shape index (κ3) is 4.06. The molecule has 1 N–H and O–H groups in total. The largest absolute Gasteiger partial charge is 0.384 e. The molecule has 0 saturated carbocycles. The monoisotopic (exact) mass is 236 g/mol. The first-order valence-electron chi connectivity index (χ1n) is 5.84. The Morgan fingerprint density at radius 2 is 2.00 bits per heavy atom. The topological polar surface area (TPSA) is 55.2 Å². The average Bonchev–Trinajstić information content (AvgIpc) is 2.26. The molecule has 0 spiro atoms. The first kappa shape index (κ1) is 13.5. The third-order valence-corrected chi connectivity index (χ3v) is 3.00. The highest BCUT2D eigenvalue weighted by molar-refractivity contribution is 5.53. The highest BCUT2D eigenvalue weighted by Gasteiger charge is 2.15. The normalized spacial score (nSPS) is 11.3. The van der Waals surface area contributed by atoms with Crippen molar-refractivity contribution >= 4 is 11.4 Å². The van der Waals surface area contributed by atoms with Gasteiger partial charge in [-0.2, -0.15) is 0 Å². The van der Waals surface area contributed by atoms with Crippen LogP contribution in [0.1, 0.15) is 32.8 Å². The van der Waals surface area contributed by atoms with Gasteiger partial charge in [-0.3, -0.25) is 10.1 Å². The Morgan fingerprint density at radius 3 is 2.53 bits per heavy atom. The van der Waals surface area contributed by atoms with E-state index in [1.54, 1.807) is 12.1 Å². The lowest BCUT2D eigenvalue weighted by Gasteiger charge is -2.23. The van der Waals surface area contributed by atoms with Gasteiger partial charge in [-0.25, -0.2) is 0 Å². The van der Waals surface area contributed by atoms with Crippen LogP contribution in [0.25, 0.3) is 0 Å². The molecule has 1 aromatic carbocycles. The summed E-state index contributed by atoms with van der Waals surface area (Å²) in [5, 5.41) is 14.0. The van der Waals surface area contributed by atoms with Gasteiger partial charge in [0.1, 0.15) is 0 Å². The molecule has 0 unspecified atom stereocenters. The SMILES string of the molecule is CCC(C)(C)CNc1cc(C)cc([N+](=O)[O-])c1. The van der Waals surface area contributed by atoms with Gasteiger partial charge < -0.3 is 5.32 Å². The Hall–Kier alpha value is -1.58. The van der Waals surface area contributed by atoms with Crippen molar-refractivity contribution in [2.24, 2.45) is 5.41 Å². The zero-order valence-corrected chi connectivity index (χ0v) is 10.9. The Kier molecular flexibility index (Phi) is 4.10. The summed E-state index contributed by atoms with van der Waals surface area (Å²) in [5.41, 5.74) is 2.05. The first-order valence-corrected chi connectivity index (χ1v) is 5.84. The molecule has 0 atom stereocenters. The highest BCUT2D eigenvalue weighted by atomic mass is 16.6. The van der Waals surface area contributed by atoms with Gasteiger partial charge in [-0.1, -0.05) is 20.8 Å². The third-order valence-electron chi connectivity index (χ3n) is 3.00. The van der Waals surface area contributed by atoms with E-state index < -0.39 is 0 Å². The van der Waals surface area contributed by atoms with Crippen molar-refractivity contribution in [3.63, 3.8) is 0 Å². The van der Waals surface area contributed by atoms with Gasteiger partial charge in [-0.05, 0) is 30.4 Å². The summed E-state index contributed by atoms with van der Waals surface area (Å²) >= 11 is 0. The molecule has 0 saturated heterocycles. The molecule has 0 aliphatic carbocycles. The van der Waals surface area contributed by atoms with E-state index in [1.807, 2.05) is 13.0 Å². The highest BCUT2D eigenvalue weighted by Crippen LogP contribution is 2.24. The summed E-state index contributed by atoms with van der Waals surface area (Å²) in [6.07, 6.45) is 1.06. The molecule has 0 heterocycles. The first-order chi connectivity index (χ1) is 7.84. The van der Waals surface area contributed by atoms with Crippen molar-refractivity contribution in [3.8, 4) is 0 Å². The molecule has 1 aromatic rings. The zero-order chi connectivity index (χ0) is 13.1. The molecule has 1 rings (SSSR count). The van der Waals surface area contributed by atoms with Gasteiger partial charge in [0, 0.05) is 24.4 Å². The van der Waals surface area contributed by atoms with Crippen LogP contribution >= 0.6 is 0 Å². The Bertz CT molecular complexity index is 414. The van der Waals surface area contributed by atoms with Crippen LogP contribution < -0.4 is 5.32 Å². The number of hydrogen-bond acceptors (Lipinski definition) is 3. The van der Waals surface area contributed by atoms with Crippen LogP contribution in [0, 0.1) is 22.5 Å². The minimum Gasteiger partial charge on any atom is -0.384 e. The van der Waals surface area contributed by atoms with Crippen LogP contribution in [0.15, 0.2) is 18.2 Å². The molecule has 0 aliphatic heterocycles. The molecular formula is C13H20N2O2. The van der Waals surface area contributed by atoms with Gasteiger partial charge >= 0.3 is 0 Å². The Morgan fingerprint density at radius 1 is 1.35 bits per heavy atom. The van der Waals surface area contributed by atoms with Crippen LogP contribution in [-0.2, 0) is 0 Å². The molecule has 0 fully saturated rings. The molecule has 0 amide bonds. The lowest BCUT2D eigenvalue weighted by Crippen LogP contribution is -2.22. The fourth-order valence-electron chi connectivity index (χ4n) is 1.44. The minimum atomic E-state index is -0.358. The van der Waals surface area contributed by atoms with E-state index in [9.17, 15) is 10.1 Å². The van der Waals surface area contributed by atoms with Gasteiger partial charge in [0.25, 0.3) is 5.69 Å². The summed E-state index contributed by atoms with van der Waals surface area (Å²) in [5.74, 6) is 0. The number of nitrogens with zero attached hydrogens (tertiary/aromatic N) is 1. The smallest absolute Gasteiger partial charge is 0.271 e. The fraction of sp³-hybridized carbons (Fsp3) is 0.538. The lowest BCUT2D eigenvalue weighted by atomic mass is 9.90. The van der Waals surface area contributed by atoms with Crippen molar-refractivity contribution in [1.82, 2.24) is 0 Å². The van der Waals surface area contributed by atoms with Crippen molar-refractivity contribution in [3.05, 3.63) is 33.9 Å². The number of nitro benzene ring substituents is 1. The molecular weight excluding hydrogens is 216 g/mol. The van der Waals surface area contributed by atoms with E-state index in [4.69, 9.17) is 0 Å². The Labute approximate surface area is 102 Å². The molecule has 0 aliphatic rings. The van der Waals surface area contributed by atoms with Crippen LogP contribution in [0.3, 0.4) is 0 Å². The maximum atomic E-state index is 10.7. The molecule has 0 radical (unpaired) electrons. The van der Waals surface area contributed by atoms with Gasteiger partial charge in [0.05, 0.1) is 4.92 Å². The Balaban J connectivity index is 2.81. The standard InChI is InChI=1S/C13H20N2O2/c1-5-13(3,4)9-14-11-6-10(2)7-12(8-11)15(16)17/h6-8,14H,5,9H2,1-4H3. The van der Waals surface area contributed by atoms with Gasteiger partial charge in [0.2, 0.25) is 0 Å². The second kappa shape index (κ2) is 5.17. The second-order valence-corrected chi connectivity index (χ2v) is 5.19. The van der Waals surface area contributed by atoms with E-state index in [-0.39, 0.29) is 16.0 Å². The maximum Gasteiger partial charge on any atom is 0.271 e. The van der Waals surface area contributed by atoms with Crippen molar-refractivity contribution in [2.75, 3.05) is 11.9 Å². The van der Waals surface area contributed by atoms with E-state index in [1.165, 1.54) is 0 Å². The van der Waals surface area contributed by atoms with Crippen molar-refractivity contribution in [2.45, 2.75) is 34.1 Å². The van der Waals surface area contributed by atoms with Crippen LogP contribution in [0.5, 0.6) is 0 Å². The van der Waals surface area contributed by atoms with Crippen LogP contribution in [0.4, 0.5) is 11.4 Å². The van der Waals surface area contributed by atoms with Crippen LogP contribution in [0.2, 0.25) is 0 Å². The van der Waals surface area contributed by atoms with E-state index in [2.05, 4.69) is 26.1 Å². The van der Waals surface area contributed by atoms with Gasteiger partial charge in [-0.15, -0.1) is 0 Å². The number of non-ortho nitro benzene ring substituents is 1. The number of rotatable bonds is 5. The molecule has 0 aromatic heterocycles. The summed E-state index contributed by atoms with van der Waals surface area (Å²) in [6.45, 7) is 9.15. The fourth-order valence-corrected chi connectivity index (χ4v) is 1.44. The predicted molar refractivity (Wildman–Crippen MR) is 70.4 cm³/mol. The molecule has 0 bridgehead atoms. The van der Waals surface area contributed by atoms with E-state index in [0.717, 1.165) is 24.2 Å². The van der Waals surface area contributed by atoms with Crippen molar-refractivity contribution < 1.29 is 4.92 Å². The van der Waals surface area contributed by atoms with Crippen molar-refractivity contribution in [1.29, 1.82) is 0 Å². The van der Waals surface area contributed by atoms with E-state index in [0.29, 0.717) is 0 Å². The second-order valence-electron chi connectivity index (χ2n) is 5.19.